The lowest BCUT2D eigenvalue weighted by Crippen LogP contribution is -2.50. The van der Waals surface area contributed by atoms with Gasteiger partial charge in [-0.25, -0.2) is 9.97 Å². The number of halogens is 1. The summed E-state index contributed by atoms with van der Waals surface area (Å²) in [6, 6.07) is 2.41. The Morgan fingerprint density at radius 3 is 2.89 bits per heavy atom. The number of imidazole rings is 1. The van der Waals surface area contributed by atoms with Crippen LogP contribution in [-0.2, 0) is 7.05 Å². The molecule has 148 valence electrons. The monoisotopic (exact) mass is 399 g/mol. The summed E-state index contributed by atoms with van der Waals surface area (Å²) in [5.41, 5.74) is 0.870. The summed E-state index contributed by atoms with van der Waals surface area (Å²) in [4.78, 5) is 14.0. The third kappa shape index (κ3) is 3.36. The Balaban J connectivity index is 1.71. The molecule has 0 aliphatic carbocycles. The van der Waals surface area contributed by atoms with Crippen LogP contribution < -0.4 is 15.6 Å². The van der Waals surface area contributed by atoms with Crippen molar-refractivity contribution in [1.82, 2.24) is 19.4 Å². The molecule has 2 saturated heterocycles. The quantitative estimate of drug-likeness (QED) is 0.839. The van der Waals surface area contributed by atoms with Gasteiger partial charge in [0.05, 0.1) is 21.8 Å². The van der Waals surface area contributed by atoms with Crippen LogP contribution >= 0.6 is 11.6 Å². The van der Waals surface area contributed by atoms with Crippen molar-refractivity contribution < 1.29 is 5.11 Å². The zero-order valence-electron chi connectivity index (χ0n) is 16.3. The third-order valence-corrected chi connectivity index (χ3v) is 6.02. The van der Waals surface area contributed by atoms with Crippen molar-refractivity contribution in [3.63, 3.8) is 0 Å². The molecule has 28 heavy (non-hydrogen) atoms. The number of nitrogens with zero attached hydrogens (tertiary/aromatic N) is 5. The molecule has 2 aromatic rings. The summed E-state index contributed by atoms with van der Waals surface area (Å²) in [6.07, 6.45) is 8.00. The van der Waals surface area contributed by atoms with Gasteiger partial charge in [0.25, 0.3) is 0 Å². The summed E-state index contributed by atoms with van der Waals surface area (Å²) in [5.74, 6) is 1.71. The molecule has 2 aromatic heterocycles. The Morgan fingerprint density at radius 2 is 2.14 bits per heavy atom. The van der Waals surface area contributed by atoms with E-state index in [0.717, 1.165) is 60.5 Å². The molecule has 2 unspecified atom stereocenters. The highest BCUT2D eigenvalue weighted by Crippen LogP contribution is 2.30. The predicted molar refractivity (Wildman–Crippen MR) is 114 cm³/mol. The van der Waals surface area contributed by atoms with Gasteiger partial charge in [0.15, 0.2) is 0 Å². The van der Waals surface area contributed by atoms with E-state index >= 15 is 0 Å². The Morgan fingerprint density at radius 1 is 1.32 bits per heavy atom. The Bertz CT molecular complexity index is 1010. The highest BCUT2D eigenvalue weighted by Gasteiger charge is 2.35. The molecule has 0 aromatic carbocycles. The maximum atomic E-state index is 9.95. The molecule has 2 atom stereocenters. The van der Waals surface area contributed by atoms with Crippen LogP contribution in [-0.4, -0.2) is 62.9 Å². The van der Waals surface area contributed by atoms with Gasteiger partial charge in [-0.1, -0.05) is 30.3 Å². The minimum Gasteiger partial charge on any atom is -0.392 e. The molecule has 1 N–H and O–H groups in total. The molecule has 4 rings (SSSR count). The minimum absolute atomic E-state index is 0.213. The number of aromatic nitrogens is 3. The van der Waals surface area contributed by atoms with E-state index in [9.17, 15) is 5.11 Å². The largest absolute Gasteiger partial charge is 0.392 e. The van der Waals surface area contributed by atoms with E-state index in [4.69, 9.17) is 16.6 Å². The fourth-order valence-electron chi connectivity index (χ4n) is 4.35. The number of anilines is 1. The van der Waals surface area contributed by atoms with E-state index in [0.29, 0.717) is 11.1 Å². The van der Waals surface area contributed by atoms with E-state index in [-0.39, 0.29) is 6.10 Å². The summed E-state index contributed by atoms with van der Waals surface area (Å²) < 4.78 is 2.05. The lowest BCUT2D eigenvalue weighted by molar-refractivity contribution is 0.173. The maximum Gasteiger partial charge on any atom is 0.142 e. The topological polar surface area (TPSA) is 57.4 Å². The molecule has 0 spiro atoms. The molecule has 0 saturated carbocycles. The average Bonchev–Trinajstić information content (AvgIpc) is 3.20. The number of allylic oxidation sites excluding steroid dienone is 1. The summed E-state index contributed by atoms with van der Waals surface area (Å²) >= 11 is 6.52. The van der Waals surface area contributed by atoms with E-state index in [2.05, 4.69) is 21.4 Å². The third-order valence-electron chi connectivity index (χ3n) is 5.72. The highest BCUT2D eigenvalue weighted by molar-refractivity contribution is 6.33. The van der Waals surface area contributed by atoms with E-state index in [1.54, 1.807) is 12.3 Å². The summed E-state index contributed by atoms with van der Waals surface area (Å²) in [7, 11) is 1.99. The molecule has 0 radical (unpaired) electrons. The highest BCUT2D eigenvalue weighted by atomic mass is 35.5. The number of pyridine rings is 1. The first-order chi connectivity index (χ1) is 13.5. The number of hydrogen-bond acceptors (Lipinski definition) is 5. The van der Waals surface area contributed by atoms with Crippen LogP contribution in [0.25, 0.3) is 23.5 Å². The van der Waals surface area contributed by atoms with E-state index < -0.39 is 0 Å². The zero-order chi connectivity index (χ0) is 19.8. The van der Waals surface area contributed by atoms with Gasteiger partial charge in [-0.3, -0.25) is 4.90 Å². The van der Waals surface area contributed by atoms with Gasteiger partial charge < -0.3 is 14.6 Å². The van der Waals surface area contributed by atoms with Crippen LogP contribution in [0, 0.1) is 0 Å². The molecule has 2 aliphatic heterocycles. The van der Waals surface area contributed by atoms with Gasteiger partial charge in [-0.15, -0.1) is 0 Å². The van der Waals surface area contributed by atoms with Crippen LogP contribution in [0.4, 0.5) is 5.82 Å². The van der Waals surface area contributed by atoms with Crippen molar-refractivity contribution in [3.05, 3.63) is 40.6 Å². The predicted octanol–water partition coefficient (Wildman–Crippen LogP) is 1.16. The van der Waals surface area contributed by atoms with Gasteiger partial charge >= 0.3 is 0 Å². The first-order valence-corrected chi connectivity index (χ1v) is 10.0. The van der Waals surface area contributed by atoms with Crippen molar-refractivity contribution >= 4 is 29.6 Å². The molecule has 0 amide bonds. The Labute approximate surface area is 170 Å². The fourth-order valence-corrected chi connectivity index (χ4v) is 4.53. The number of rotatable bonds is 3. The molecular weight excluding hydrogens is 374 g/mol. The lowest BCUT2D eigenvalue weighted by Gasteiger charge is -2.38. The molecule has 6 nitrogen and oxygen atoms in total. The van der Waals surface area contributed by atoms with Gasteiger partial charge in [-0.2, -0.15) is 0 Å². The van der Waals surface area contributed by atoms with E-state index in [1.807, 2.05) is 36.8 Å². The fraction of sp³-hybridized carbons (Fsp3) is 0.429. The molecule has 7 heteroatoms. The summed E-state index contributed by atoms with van der Waals surface area (Å²) in [6.45, 7) is 9.26. The van der Waals surface area contributed by atoms with Gasteiger partial charge in [0, 0.05) is 51.0 Å². The minimum atomic E-state index is -0.213. The van der Waals surface area contributed by atoms with Crippen molar-refractivity contribution in [2.45, 2.75) is 25.5 Å². The van der Waals surface area contributed by atoms with Crippen molar-refractivity contribution in [2.75, 3.05) is 31.1 Å². The Hall–Kier alpha value is -2.15. The number of hydrogen-bond donors (Lipinski definition) is 1. The number of fused-ring (bicyclic) bond motifs is 1. The zero-order valence-corrected chi connectivity index (χ0v) is 17.1. The first kappa shape index (κ1) is 19.2. The second-order valence-electron chi connectivity index (χ2n) is 7.46. The van der Waals surface area contributed by atoms with Crippen LogP contribution in [0.15, 0.2) is 24.9 Å². The van der Waals surface area contributed by atoms with Crippen molar-refractivity contribution in [2.24, 2.45) is 7.05 Å². The molecule has 2 aliphatic rings. The SMILES string of the molecule is C=C/C=c1/nc(-c2cc(N3CCN4CC(O)CC4C3)ncc2Cl)n(C)/c1=C/C. The van der Waals surface area contributed by atoms with Gasteiger partial charge in [0.2, 0.25) is 0 Å². The van der Waals surface area contributed by atoms with Crippen molar-refractivity contribution in [1.29, 1.82) is 0 Å². The van der Waals surface area contributed by atoms with Crippen LogP contribution in [0.2, 0.25) is 5.02 Å². The summed E-state index contributed by atoms with van der Waals surface area (Å²) in [5, 5.41) is 12.4. The average molecular weight is 400 g/mol. The molecular formula is C21H26ClN5O. The number of aliphatic hydroxyl groups is 1. The Kier molecular flexibility index (Phi) is 5.27. The van der Waals surface area contributed by atoms with Crippen LogP contribution in [0.5, 0.6) is 0 Å². The molecule has 0 bridgehead atoms. The molecule has 2 fully saturated rings. The van der Waals surface area contributed by atoms with Gasteiger partial charge in [0.1, 0.15) is 11.6 Å². The van der Waals surface area contributed by atoms with Crippen LogP contribution in [0.1, 0.15) is 13.3 Å². The smallest absolute Gasteiger partial charge is 0.142 e. The lowest BCUT2D eigenvalue weighted by atomic mass is 10.1. The number of aliphatic hydroxyl groups excluding tert-OH is 1. The normalized spacial score (nSPS) is 24.1. The van der Waals surface area contributed by atoms with E-state index in [1.165, 1.54) is 0 Å². The van der Waals surface area contributed by atoms with Crippen LogP contribution in [0.3, 0.4) is 0 Å². The first-order valence-electron chi connectivity index (χ1n) is 9.66. The maximum absolute atomic E-state index is 9.95. The second-order valence-corrected chi connectivity index (χ2v) is 7.87. The van der Waals surface area contributed by atoms with Crippen molar-refractivity contribution in [3.8, 4) is 11.4 Å². The second kappa shape index (κ2) is 7.70. The number of piperazine rings is 1. The molecule has 4 heterocycles. The standard InChI is InChI=1S/C21H26ClN5O/c1-4-6-18-19(5-2)25(3)21(24-18)16-10-20(23-11-17(16)22)27-8-7-26-13-15(28)9-14(26)12-27/h4-6,10-11,14-15,28H,1,7-9,12-13H2,2-3H3/b18-6+,19-5+. The van der Waals surface area contributed by atoms with Gasteiger partial charge in [-0.05, 0) is 25.5 Å².